The number of rotatable bonds is 5. The molecular weight excluding hydrogens is 254 g/mol. The molecule has 4 heteroatoms. The van der Waals surface area contributed by atoms with E-state index in [2.05, 4.69) is 5.32 Å². The van der Waals surface area contributed by atoms with Crippen LogP contribution in [0, 0.1) is 6.92 Å². The second-order valence-electron chi connectivity index (χ2n) is 4.34. The summed E-state index contributed by atoms with van der Waals surface area (Å²) in [4.78, 5) is 22.4. The van der Waals surface area contributed by atoms with Gasteiger partial charge in [0, 0.05) is 11.3 Å². The van der Waals surface area contributed by atoms with E-state index in [-0.39, 0.29) is 12.5 Å². The summed E-state index contributed by atoms with van der Waals surface area (Å²) in [6.45, 7) is 1.82. The van der Waals surface area contributed by atoms with Crippen LogP contribution in [-0.2, 0) is 4.79 Å². The lowest BCUT2D eigenvalue weighted by Crippen LogP contribution is -2.20. The number of hydrogen-bond acceptors (Lipinski definition) is 3. The standard InChI is InChI=1S/C16H15NO3/c1-12-5-2-3-8-15(12)17-16(19)11-20-14-7-4-6-13(9-14)10-18/h2-10H,11H2,1H3,(H,17,19). The van der Waals surface area contributed by atoms with Crippen LogP contribution in [0.25, 0.3) is 0 Å². The van der Waals surface area contributed by atoms with Crippen molar-refractivity contribution in [1.29, 1.82) is 0 Å². The minimum Gasteiger partial charge on any atom is -0.484 e. The number of aldehydes is 1. The van der Waals surface area contributed by atoms with Crippen LogP contribution in [0.2, 0.25) is 0 Å². The van der Waals surface area contributed by atoms with Crippen LogP contribution < -0.4 is 10.1 Å². The van der Waals surface area contributed by atoms with Gasteiger partial charge in [-0.15, -0.1) is 0 Å². The topological polar surface area (TPSA) is 55.4 Å². The van der Waals surface area contributed by atoms with Gasteiger partial charge in [-0.2, -0.15) is 0 Å². The molecule has 0 radical (unpaired) electrons. The lowest BCUT2D eigenvalue weighted by atomic mass is 10.2. The molecule has 2 aromatic carbocycles. The van der Waals surface area contributed by atoms with Gasteiger partial charge < -0.3 is 10.1 Å². The predicted molar refractivity (Wildman–Crippen MR) is 77.1 cm³/mol. The lowest BCUT2D eigenvalue weighted by Gasteiger charge is -2.09. The summed E-state index contributed by atoms with van der Waals surface area (Å²) in [6.07, 6.45) is 0.736. The summed E-state index contributed by atoms with van der Waals surface area (Å²) in [5.74, 6) is 0.255. The van der Waals surface area contributed by atoms with E-state index in [0.29, 0.717) is 11.3 Å². The van der Waals surface area contributed by atoms with Gasteiger partial charge in [0.1, 0.15) is 12.0 Å². The number of carbonyl (C=O) groups excluding carboxylic acids is 2. The molecule has 0 saturated carbocycles. The van der Waals surface area contributed by atoms with Crippen molar-refractivity contribution in [2.75, 3.05) is 11.9 Å². The van der Waals surface area contributed by atoms with Gasteiger partial charge in [-0.3, -0.25) is 9.59 Å². The number of hydrogen-bond donors (Lipinski definition) is 1. The number of amides is 1. The maximum absolute atomic E-state index is 11.8. The van der Waals surface area contributed by atoms with E-state index in [9.17, 15) is 9.59 Å². The molecule has 0 fully saturated rings. The average Bonchev–Trinajstić information content (AvgIpc) is 2.48. The fraction of sp³-hybridized carbons (Fsp3) is 0.125. The maximum Gasteiger partial charge on any atom is 0.262 e. The molecule has 0 aliphatic rings. The lowest BCUT2D eigenvalue weighted by molar-refractivity contribution is -0.118. The van der Waals surface area contributed by atoms with Gasteiger partial charge in [0.2, 0.25) is 0 Å². The Morgan fingerprint density at radius 1 is 1.20 bits per heavy atom. The quantitative estimate of drug-likeness (QED) is 0.849. The second-order valence-corrected chi connectivity index (χ2v) is 4.34. The molecule has 0 heterocycles. The highest BCUT2D eigenvalue weighted by atomic mass is 16.5. The monoisotopic (exact) mass is 269 g/mol. The SMILES string of the molecule is Cc1ccccc1NC(=O)COc1cccc(C=O)c1. The van der Waals surface area contributed by atoms with Gasteiger partial charge in [0.05, 0.1) is 0 Å². The van der Waals surface area contributed by atoms with Gasteiger partial charge in [0.25, 0.3) is 5.91 Å². The molecule has 102 valence electrons. The minimum absolute atomic E-state index is 0.101. The van der Waals surface area contributed by atoms with E-state index in [1.54, 1.807) is 24.3 Å². The van der Waals surface area contributed by atoms with Crippen LogP contribution >= 0.6 is 0 Å². The van der Waals surface area contributed by atoms with Crippen LogP contribution in [-0.4, -0.2) is 18.8 Å². The van der Waals surface area contributed by atoms with Crippen LogP contribution in [0.15, 0.2) is 48.5 Å². The van der Waals surface area contributed by atoms with Gasteiger partial charge in [-0.25, -0.2) is 0 Å². The summed E-state index contributed by atoms with van der Waals surface area (Å²) < 4.78 is 5.35. The Hall–Kier alpha value is -2.62. The smallest absolute Gasteiger partial charge is 0.262 e. The van der Waals surface area contributed by atoms with E-state index in [0.717, 1.165) is 17.5 Å². The van der Waals surface area contributed by atoms with Crippen LogP contribution in [0.5, 0.6) is 5.75 Å². The van der Waals surface area contributed by atoms with Crippen LogP contribution in [0.3, 0.4) is 0 Å². The third-order valence-corrected chi connectivity index (χ3v) is 2.78. The van der Waals surface area contributed by atoms with E-state index in [1.165, 1.54) is 0 Å². The molecule has 0 spiro atoms. The normalized spacial score (nSPS) is 9.85. The largest absolute Gasteiger partial charge is 0.484 e. The molecule has 4 nitrogen and oxygen atoms in total. The Labute approximate surface area is 117 Å². The zero-order chi connectivity index (χ0) is 14.4. The minimum atomic E-state index is -0.240. The summed E-state index contributed by atoms with van der Waals surface area (Å²) in [6, 6.07) is 14.2. The summed E-state index contributed by atoms with van der Waals surface area (Å²) in [7, 11) is 0. The molecule has 0 aromatic heterocycles. The fourth-order valence-corrected chi connectivity index (χ4v) is 1.73. The van der Waals surface area contributed by atoms with Crippen molar-refractivity contribution in [3.63, 3.8) is 0 Å². The van der Waals surface area contributed by atoms with Crippen molar-refractivity contribution in [3.05, 3.63) is 59.7 Å². The van der Waals surface area contributed by atoms with Crippen molar-refractivity contribution < 1.29 is 14.3 Å². The third kappa shape index (κ3) is 3.68. The molecule has 2 aromatic rings. The Morgan fingerprint density at radius 3 is 2.75 bits per heavy atom. The van der Waals surface area contributed by atoms with Crippen LogP contribution in [0.1, 0.15) is 15.9 Å². The van der Waals surface area contributed by atoms with Crippen molar-refractivity contribution in [2.24, 2.45) is 0 Å². The van der Waals surface area contributed by atoms with E-state index in [4.69, 9.17) is 4.74 Å². The molecule has 0 atom stereocenters. The number of anilines is 1. The molecule has 0 aliphatic carbocycles. The first kappa shape index (κ1) is 13.8. The van der Waals surface area contributed by atoms with Gasteiger partial charge in [0.15, 0.2) is 6.61 Å². The van der Waals surface area contributed by atoms with Crippen LogP contribution in [0.4, 0.5) is 5.69 Å². The molecule has 1 amide bonds. The number of ether oxygens (including phenoxy) is 1. The molecule has 0 saturated heterocycles. The number of para-hydroxylation sites is 1. The molecule has 20 heavy (non-hydrogen) atoms. The molecule has 1 N–H and O–H groups in total. The first-order valence-electron chi connectivity index (χ1n) is 6.22. The van der Waals surface area contributed by atoms with Gasteiger partial charge >= 0.3 is 0 Å². The predicted octanol–water partition coefficient (Wildman–Crippen LogP) is 2.83. The summed E-state index contributed by atoms with van der Waals surface area (Å²) >= 11 is 0. The second kappa shape index (κ2) is 6.52. The Kier molecular flexibility index (Phi) is 4.50. The third-order valence-electron chi connectivity index (χ3n) is 2.78. The Bertz CT molecular complexity index is 623. The number of aryl methyl sites for hydroxylation is 1. The molecule has 2 rings (SSSR count). The highest BCUT2D eigenvalue weighted by Gasteiger charge is 2.05. The number of nitrogens with one attached hydrogen (secondary N) is 1. The van der Waals surface area contributed by atoms with Crippen molar-refractivity contribution in [3.8, 4) is 5.75 Å². The average molecular weight is 269 g/mol. The van der Waals surface area contributed by atoms with E-state index in [1.807, 2.05) is 31.2 Å². The highest BCUT2D eigenvalue weighted by molar-refractivity contribution is 5.92. The van der Waals surface area contributed by atoms with Gasteiger partial charge in [-0.1, -0.05) is 30.3 Å². The molecular formula is C16H15NO3. The maximum atomic E-state index is 11.8. The fourth-order valence-electron chi connectivity index (χ4n) is 1.73. The number of benzene rings is 2. The zero-order valence-corrected chi connectivity index (χ0v) is 11.1. The van der Waals surface area contributed by atoms with E-state index < -0.39 is 0 Å². The zero-order valence-electron chi connectivity index (χ0n) is 11.1. The summed E-state index contributed by atoms with van der Waals surface area (Å²) in [5, 5.41) is 2.78. The molecule has 0 bridgehead atoms. The first-order chi connectivity index (χ1) is 9.69. The van der Waals surface area contributed by atoms with Crippen molar-refractivity contribution in [1.82, 2.24) is 0 Å². The Balaban J connectivity index is 1.92. The first-order valence-corrected chi connectivity index (χ1v) is 6.22. The summed E-state index contributed by atoms with van der Waals surface area (Å²) in [5.41, 5.74) is 2.27. The number of carbonyl (C=O) groups is 2. The molecule has 0 unspecified atom stereocenters. The molecule has 0 aliphatic heterocycles. The van der Waals surface area contributed by atoms with Crippen molar-refractivity contribution in [2.45, 2.75) is 6.92 Å². The highest BCUT2D eigenvalue weighted by Crippen LogP contribution is 2.14. The Morgan fingerprint density at radius 2 is 2.00 bits per heavy atom. The van der Waals surface area contributed by atoms with Crippen molar-refractivity contribution >= 4 is 17.9 Å². The van der Waals surface area contributed by atoms with Gasteiger partial charge in [-0.05, 0) is 30.7 Å². The van der Waals surface area contributed by atoms with E-state index >= 15 is 0 Å².